The molecule has 10 heteroatoms. The number of nitrogens with zero attached hydrogens (tertiary/aromatic N) is 4. The number of methoxy groups -OCH3 is 1. The minimum Gasteiger partial charge on any atom is -0.497 e. The van der Waals surface area contributed by atoms with Crippen molar-refractivity contribution in [3.05, 3.63) is 65.5 Å². The Balaban J connectivity index is 1.50. The van der Waals surface area contributed by atoms with Gasteiger partial charge in [-0.3, -0.25) is 19.3 Å². The fourth-order valence-electron chi connectivity index (χ4n) is 4.49. The molecule has 0 radical (unpaired) electrons. The maximum absolute atomic E-state index is 13.6. The van der Waals surface area contributed by atoms with Crippen LogP contribution in [0.15, 0.2) is 48.5 Å². The van der Waals surface area contributed by atoms with E-state index >= 15 is 0 Å². The fourth-order valence-corrected chi connectivity index (χ4v) is 4.49. The molecule has 2 aliphatic heterocycles. The average Bonchev–Trinajstić information content (AvgIpc) is 3.40. The molecule has 0 aliphatic carbocycles. The first kappa shape index (κ1) is 21.7. The summed E-state index contributed by atoms with van der Waals surface area (Å²) in [6.07, 6.45) is 0.253. The molecule has 0 bridgehead atoms. The molecule has 34 heavy (non-hydrogen) atoms. The van der Waals surface area contributed by atoms with Crippen LogP contribution >= 0.6 is 0 Å². The maximum Gasteiger partial charge on any atom is 0.277 e. The number of benzene rings is 2. The Morgan fingerprint density at radius 1 is 1.03 bits per heavy atom. The van der Waals surface area contributed by atoms with Crippen LogP contribution in [0.25, 0.3) is 5.69 Å². The van der Waals surface area contributed by atoms with E-state index in [2.05, 4.69) is 5.10 Å². The van der Waals surface area contributed by atoms with Gasteiger partial charge in [0.15, 0.2) is 5.69 Å². The molecule has 3 heterocycles. The smallest absolute Gasteiger partial charge is 0.277 e. The molecule has 3 aromatic rings. The SMILES string of the molecule is COc1ccc(-n2nc(C(N)=O)c3c2C(=O)N(c2ccc(N4C(=O)CCC4O)cc2)CC3)cc1. The second kappa shape index (κ2) is 8.31. The quantitative estimate of drug-likeness (QED) is 0.594. The fraction of sp³-hybridized carbons (Fsp3) is 0.250. The van der Waals surface area contributed by atoms with Crippen molar-refractivity contribution in [3.63, 3.8) is 0 Å². The number of aromatic nitrogens is 2. The third-order valence-corrected chi connectivity index (χ3v) is 6.19. The predicted octanol–water partition coefficient (Wildman–Crippen LogP) is 1.63. The number of amides is 3. The number of aliphatic hydroxyl groups is 1. The van der Waals surface area contributed by atoms with Crippen LogP contribution in [0.5, 0.6) is 5.75 Å². The van der Waals surface area contributed by atoms with Crippen molar-refractivity contribution < 1.29 is 24.2 Å². The van der Waals surface area contributed by atoms with E-state index in [1.807, 2.05) is 0 Å². The molecule has 1 saturated heterocycles. The van der Waals surface area contributed by atoms with Gasteiger partial charge in [-0.15, -0.1) is 0 Å². The number of anilines is 2. The third-order valence-electron chi connectivity index (χ3n) is 6.19. The lowest BCUT2D eigenvalue weighted by Gasteiger charge is -2.28. The average molecular weight is 461 g/mol. The minimum absolute atomic E-state index is 0.0794. The molecule has 1 unspecified atom stereocenters. The summed E-state index contributed by atoms with van der Waals surface area (Å²) in [6.45, 7) is 0.338. The molecule has 2 aliphatic rings. The molecule has 1 fully saturated rings. The summed E-state index contributed by atoms with van der Waals surface area (Å²) in [5, 5.41) is 14.4. The Labute approximate surface area is 195 Å². The van der Waals surface area contributed by atoms with Crippen molar-refractivity contribution in [2.75, 3.05) is 23.5 Å². The van der Waals surface area contributed by atoms with E-state index in [0.29, 0.717) is 54.2 Å². The third kappa shape index (κ3) is 3.48. The summed E-state index contributed by atoms with van der Waals surface area (Å²) in [6, 6.07) is 13.9. The number of hydrogen-bond acceptors (Lipinski definition) is 6. The lowest BCUT2D eigenvalue weighted by atomic mass is 10.0. The number of ether oxygens (including phenoxy) is 1. The standard InChI is InChI=1S/C24H23N5O5/c1-34-17-8-6-16(7-9-17)29-22-18(21(26-29)23(25)32)12-13-27(24(22)33)14-2-4-15(5-3-14)28-19(30)10-11-20(28)31/h2-9,19,30H,10-13H2,1H3,(H2,25,32). The van der Waals surface area contributed by atoms with Crippen LogP contribution < -0.4 is 20.3 Å². The highest BCUT2D eigenvalue weighted by molar-refractivity contribution is 6.09. The van der Waals surface area contributed by atoms with Gasteiger partial charge in [0.2, 0.25) is 5.91 Å². The Kier molecular flexibility index (Phi) is 5.29. The molecular weight excluding hydrogens is 438 g/mol. The van der Waals surface area contributed by atoms with Gasteiger partial charge in [0.25, 0.3) is 11.8 Å². The highest BCUT2D eigenvalue weighted by Crippen LogP contribution is 2.32. The lowest BCUT2D eigenvalue weighted by molar-refractivity contribution is -0.117. The summed E-state index contributed by atoms with van der Waals surface area (Å²) in [4.78, 5) is 40.7. The summed E-state index contributed by atoms with van der Waals surface area (Å²) in [5.74, 6) is -0.499. The first-order chi connectivity index (χ1) is 16.4. The second-order valence-corrected chi connectivity index (χ2v) is 8.16. The van der Waals surface area contributed by atoms with Crippen LogP contribution in [0.3, 0.4) is 0 Å². The van der Waals surface area contributed by atoms with Crippen LogP contribution in [0.1, 0.15) is 39.4 Å². The van der Waals surface area contributed by atoms with Gasteiger partial charge in [0.1, 0.15) is 17.7 Å². The van der Waals surface area contributed by atoms with E-state index < -0.39 is 12.1 Å². The van der Waals surface area contributed by atoms with Crippen molar-refractivity contribution in [1.82, 2.24) is 9.78 Å². The Bertz CT molecular complexity index is 1280. The number of nitrogens with two attached hydrogens (primary N) is 1. The molecular formula is C24H23N5O5. The van der Waals surface area contributed by atoms with Crippen LogP contribution in [-0.2, 0) is 11.2 Å². The second-order valence-electron chi connectivity index (χ2n) is 8.16. The highest BCUT2D eigenvalue weighted by Gasteiger charge is 2.35. The van der Waals surface area contributed by atoms with Crippen LogP contribution in [0.2, 0.25) is 0 Å². The Morgan fingerprint density at radius 2 is 1.68 bits per heavy atom. The molecule has 174 valence electrons. The molecule has 0 saturated carbocycles. The van der Waals surface area contributed by atoms with Gasteiger partial charge < -0.3 is 20.5 Å². The van der Waals surface area contributed by atoms with E-state index in [0.717, 1.165) is 0 Å². The van der Waals surface area contributed by atoms with Crippen molar-refractivity contribution >= 4 is 29.1 Å². The Morgan fingerprint density at radius 3 is 2.26 bits per heavy atom. The molecule has 3 N–H and O–H groups in total. The van der Waals surface area contributed by atoms with Crippen LogP contribution in [-0.4, -0.2) is 52.5 Å². The summed E-state index contributed by atoms with van der Waals surface area (Å²) >= 11 is 0. The highest BCUT2D eigenvalue weighted by atomic mass is 16.5. The zero-order valence-electron chi connectivity index (χ0n) is 18.5. The molecule has 10 nitrogen and oxygen atoms in total. The van der Waals surface area contributed by atoms with Crippen molar-refractivity contribution in [2.45, 2.75) is 25.5 Å². The number of fused-ring (bicyclic) bond motifs is 1. The number of primary amides is 1. The van der Waals surface area contributed by atoms with Gasteiger partial charge in [0.05, 0.1) is 12.8 Å². The van der Waals surface area contributed by atoms with E-state index in [4.69, 9.17) is 10.5 Å². The molecule has 1 aromatic heterocycles. The monoisotopic (exact) mass is 461 g/mol. The Hall–Kier alpha value is -4.18. The van der Waals surface area contributed by atoms with Crippen molar-refractivity contribution in [2.24, 2.45) is 5.73 Å². The van der Waals surface area contributed by atoms with E-state index in [1.165, 1.54) is 9.58 Å². The predicted molar refractivity (Wildman–Crippen MR) is 123 cm³/mol. The molecule has 2 aromatic carbocycles. The van der Waals surface area contributed by atoms with Gasteiger partial charge in [-0.05, 0) is 55.0 Å². The number of hydrogen-bond donors (Lipinski definition) is 2. The number of rotatable bonds is 5. The summed E-state index contributed by atoms with van der Waals surface area (Å²) < 4.78 is 6.64. The van der Waals surface area contributed by atoms with E-state index in [1.54, 1.807) is 60.5 Å². The zero-order chi connectivity index (χ0) is 24.0. The van der Waals surface area contributed by atoms with E-state index in [9.17, 15) is 19.5 Å². The van der Waals surface area contributed by atoms with E-state index in [-0.39, 0.29) is 23.2 Å². The van der Waals surface area contributed by atoms with Gasteiger partial charge in [-0.25, -0.2) is 4.68 Å². The number of carbonyl (C=O) groups excluding carboxylic acids is 3. The van der Waals surface area contributed by atoms with Gasteiger partial charge in [-0.2, -0.15) is 5.10 Å². The summed E-state index contributed by atoms with van der Waals surface area (Å²) in [7, 11) is 1.56. The zero-order valence-corrected chi connectivity index (χ0v) is 18.5. The normalized spacial score (nSPS) is 17.8. The number of aliphatic hydroxyl groups excluding tert-OH is 1. The largest absolute Gasteiger partial charge is 0.497 e. The van der Waals surface area contributed by atoms with Crippen molar-refractivity contribution in [3.8, 4) is 11.4 Å². The lowest BCUT2D eigenvalue weighted by Crippen LogP contribution is -2.39. The first-order valence-electron chi connectivity index (χ1n) is 10.9. The van der Waals surface area contributed by atoms with Gasteiger partial charge in [0, 0.05) is 36.3 Å². The first-order valence-corrected chi connectivity index (χ1v) is 10.9. The topological polar surface area (TPSA) is 131 Å². The minimum atomic E-state index is -0.844. The molecule has 1 atom stereocenters. The molecule has 5 rings (SSSR count). The van der Waals surface area contributed by atoms with Gasteiger partial charge >= 0.3 is 0 Å². The summed E-state index contributed by atoms with van der Waals surface area (Å²) in [5.41, 5.74) is 8.22. The van der Waals surface area contributed by atoms with Crippen LogP contribution in [0, 0.1) is 0 Å². The molecule has 0 spiro atoms. The van der Waals surface area contributed by atoms with Crippen molar-refractivity contribution in [1.29, 1.82) is 0 Å². The maximum atomic E-state index is 13.6. The van der Waals surface area contributed by atoms with Crippen LogP contribution in [0.4, 0.5) is 11.4 Å². The van der Waals surface area contributed by atoms with Gasteiger partial charge in [-0.1, -0.05) is 0 Å². The molecule has 3 amide bonds. The number of carbonyl (C=O) groups is 3.